The number of nitrogens with two attached hydrogens (primary N) is 1. The van der Waals surface area contributed by atoms with E-state index in [2.05, 4.69) is 43.5 Å². The predicted molar refractivity (Wildman–Crippen MR) is 131 cm³/mol. The fraction of sp³-hybridized carbons (Fsp3) is 0.292. The van der Waals surface area contributed by atoms with Crippen molar-refractivity contribution in [3.8, 4) is 5.75 Å². The van der Waals surface area contributed by atoms with Crippen molar-refractivity contribution in [3.63, 3.8) is 0 Å². The summed E-state index contributed by atoms with van der Waals surface area (Å²) in [4.78, 5) is 18.5. The lowest BCUT2D eigenvalue weighted by molar-refractivity contribution is 0.312. The number of ether oxygens (including phenoxy) is 1. The molecule has 9 heteroatoms. The summed E-state index contributed by atoms with van der Waals surface area (Å²) in [6.45, 7) is 3.96. The maximum Gasteiger partial charge on any atom is 0.202 e. The summed E-state index contributed by atoms with van der Waals surface area (Å²) in [6.07, 6.45) is 5.23. The second-order valence-corrected chi connectivity index (χ2v) is 8.31. The van der Waals surface area contributed by atoms with E-state index in [4.69, 9.17) is 15.5 Å². The normalized spacial score (nSPS) is 20.9. The monoisotopic (exact) mass is 444 g/mol. The van der Waals surface area contributed by atoms with Gasteiger partial charge in [0.05, 0.1) is 12.6 Å². The number of likely N-dealkylation sites (N-methyl/N-ethyl adjacent to an activating group) is 1. The molecule has 1 unspecified atom stereocenters. The van der Waals surface area contributed by atoms with Gasteiger partial charge >= 0.3 is 0 Å². The summed E-state index contributed by atoms with van der Waals surface area (Å²) in [5.41, 5.74) is 8.11. The van der Waals surface area contributed by atoms with E-state index in [0.29, 0.717) is 11.7 Å². The Bertz CT molecular complexity index is 1220. The lowest BCUT2D eigenvalue weighted by atomic mass is 9.99. The van der Waals surface area contributed by atoms with Crippen LogP contribution in [0.25, 0.3) is 10.9 Å². The Labute approximate surface area is 193 Å². The number of rotatable bonds is 4. The number of benzene rings is 2. The van der Waals surface area contributed by atoms with Gasteiger partial charge in [0.15, 0.2) is 5.66 Å². The highest BCUT2D eigenvalue weighted by Crippen LogP contribution is 2.32. The molecule has 1 saturated heterocycles. The highest BCUT2D eigenvalue weighted by Gasteiger charge is 2.30. The van der Waals surface area contributed by atoms with E-state index in [1.165, 1.54) is 0 Å². The molecular weight excluding hydrogens is 416 g/mol. The van der Waals surface area contributed by atoms with Crippen LogP contribution in [0, 0.1) is 0 Å². The van der Waals surface area contributed by atoms with Gasteiger partial charge in [0.1, 0.15) is 17.9 Å². The van der Waals surface area contributed by atoms with E-state index in [9.17, 15) is 0 Å². The van der Waals surface area contributed by atoms with Gasteiger partial charge in [-0.3, -0.25) is 5.73 Å². The molecule has 2 aliphatic rings. The number of para-hydroxylation sites is 1. The minimum absolute atomic E-state index is 0.540. The van der Waals surface area contributed by atoms with Crippen molar-refractivity contribution in [1.29, 1.82) is 0 Å². The zero-order valence-electron chi connectivity index (χ0n) is 18.8. The van der Waals surface area contributed by atoms with Crippen LogP contribution >= 0.6 is 0 Å². The van der Waals surface area contributed by atoms with Gasteiger partial charge in [-0.05, 0) is 37.4 Å². The van der Waals surface area contributed by atoms with Crippen molar-refractivity contribution < 1.29 is 4.74 Å². The Morgan fingerprint density at radius 2 is 1.91 bits per heavy atom. The van der Waals surface area contributed by atoms with E-state index in [1.807, 2.05) is 42.5 Å². The van der Waals surface area contributed by atoms with Gasteiger partial charge in [0.25, 0.3) is 0 Å². The predicted octanol–water partition coefficient (Wildman–Crippen LogP) is 2.09. The smallest absolute Gasteiger partial charge is 0.202 e. The van der Waals surface area contributed by atoms with E-state index in [0.717, 1.165) is 54.2 Å². The molecular formula is C24H28N8O. The second-order valence-electron chi connectivity index (χ2n) is 8.31. The SMILES string of the molecule is COc1ccccc1C1(N)C=CNC(Nc2ccc3c(N4CCN(C)CC4)ncnc3c2)=N1. The molecule has 0 amide bonds. The molecule has 0 bridgehead atoms. The van der Waals surface area contributed by atoms with E-state index >= 15 is 0 Å². The minimum atomic E-state index is -1.05. The number of piperazine rings is 1. The molecule has 0 spiro atoms. The molecule has 1 atom stereocenters. The molecule has 3 heterocycles. The first-order valence-corrected chi connectivity index (χ1v) is 11.0. The first-order chi connectivity index (χ1) is 16.1. The summed E-state index contributed by atoms with van der Waals surface area (Å²) in [7, 11) is 3.78. The average Bonchev–Trinajstić information content (AvgIpc) is 2.84. The lowest BCUT2D eigenvalue weighted by Gasteiger charge is -2.33. The molecule has 170 valence electrons. The average molecular weight is 445 g/mol. The van der Waals surface area contributed by atoms with Crippen molar-refractivity contribution in [2.24, 2.45) is 10.7 Å². The highest BCUT2D eigenvalue weighted by molar-refractivity contribution is 5.98. The highest BCUT2D eigenvalue weighted by atomic mass is 16.5. The van der Waals surface area contributed by atoms with E-state index in [1.54, 1.807) is 19.6 Å². The lowest BCUT2D eigenvalue weighted by Crippen LogP contribution is -2.44. The Morgan fingerprint density at radius 1 is 1.09 bits per heavy atom. The number of methoxy groups -OCH3 is 1. The number of hydrogen-bond donors (Lipinski definition) is 3. The number of aromatic nitrogens is 2. The van der Waals surface area contributed by atoms with Crippen molar-refractivity contribution in [2.45, 2.75) is 5.66 Å². The van der Waals surface area contributed by atoms with E-state index < -0.39 is 5.66 Å². The van der Waals surface area contributed by atoms with Gasteiger partial charge in [-0.2, -0.15) is 0 Å². The largest absolute Gasteiger partial charge is 0.496 e. The molecule has 1 fully saturated rings. The summed E-state index contributed by atoms with van der Waals surface area (Å²) in [5, 5.41) is 7.50. The topological polar surface area (TPSA) is 104 Å². The maximum atomic E-state index is 6.64. The summed E-state index contributed by atoms with van der Waals surface area (Å²) < 4.78 is 5.49. The Hall–Kier alpha value is -3.69. The standard InChI is InChI=1S/C24H28N8O/c1-31-11-13-32(14-12-31)22-18-8-7-17(15-20(18)27-16-28-22)29-23-26-10-9-24(25,30-23)19-5-3-4-6-21(19)33-2/h3-10,15-16H,11-14,25H2,1-2H3,(H2,26,29,30). The molecule has 2 aliphatic heterocycles. The van der Waals surface area contributed by atoms with Gasteiger partial charge in [0.2, 0.25) is 5.96 Å². The van der Waals surface area contributed by atoms with Crippen molar-refractivity contribution in [2.75, 3.05) is 50.6 Å². The number of fused-ring (bicyclic) bond motifs is 1. The molecule has 5 rings (SSSR count). The van der Waals surface area contributed by atoms with Crippen molar-refractivity contribution in [1.82, 2.24) is 20.2 Å². The molecule has 0 radical (unpaired) electrons. The zero-order chi connectivity index (χ0) is 22.8. The first-order valence-electron chi connectivity index (χ1n) is 11.0. The summed E-state index contributed by atoms with van der Waals surface area (Å²) >= 11 is 0. The molecule has 0 saturated carbocycles. The number of aliphatic imine (C=N–C) groups is 1. The van der Waals surface area contributed by atoms with Crippen LogP contribution in [0.5, 0.6) is 5.75 Å². The van der Waals surface area contributed by atoms with Crippen LogP contribution < -0.4 is 26.0 Å². The first kappa shape index (κ1) is 21.2. The Balaban J connectivity index is 1.41. The van der Waals surface area contributed by atoms with Crippen LogP contribution in [0.15, 0.2) is 66.1 Å². The molecule has 0 aliphatic carbocycles. The van der Waals surface area contributed by atoms with Gasteiger partial charge in [-0.15, -0.1) is 0 Å². The summed E-state index contributed by atoms with van der Waals surface area (Å²) in [5.74, 6) is 2.21. The van der Waals surface area contributed by atoms with Crippen LogP contribution in [0.1, 0.15) is 5.56 Å². The van der Waals surface area contributed by atoms with Crippen molar-refractivity contribution in [3.05, 3.63) is 66.6 Å². The molecule has 1 aromatic heterocycles. The quantitative estimate of drug-likeness (QED) is 0.562. The maximum absolute atomic E-state index is 6.64. The minimum Gasteiger partial charge on any atom is -0.496 e. The Kier molecular flexibility index (Phi) is 5.57. The number of anilines is 2. The fourth-order valence-electron chi connectivity index (χ4n) is 4.22. The number of guanidine groups is 1. The molecule has 9 nitrogen and oxygen atoms in total. The van der Waals surface area contributed by atoms with E-state index in [-0.39, 0.29) is 0 Å². The molecule has 4 N–H and O–H groups in total. The molecule has 33 heavy (non-hydrogen) atoms. The van der Waals surface area contributed by atoms with Crippen LogP contribution in [-0.4, -0.2) is 61.2 Å². The van der Waals surface area contributed by atoms with Crippen molar-refractivity contribution >= 4 is 28.4 Å². The summed E-state index contributed by atoms with van der Waals surface area (Å²) in [6, 6.07) is 13.7. The molecule has 3 aromatic rings. The number of nitrogens with zero attached hydrogens (tertiary/aromatic N) is 5. The van der Waals surface area contributed by atoms with Crippen LogP contribution in [-0.2, 0) is 5.66 Å². The third-order valence-corrected chi connectivity index (χ3v) is 6.07. The molecule has 2 aromatic carbocycles. The zero-order valence-corrected chi connectivity index (χ0v) is 18.8. The van der Waals surface area contributed by atoms with Gasteiger partial charge < -0.3 is 25.2 Å². The third-order valence-electron chi connectivity index (χ3n) is 6.07. The van der Waals surface area contributed by atoms with Crippen LogP contribution in [0.2, 0.25) is 0 Å². The van der Waals surface area contributed by atoms with Crippen LogP contribution in [0.4, 0.5) is 11.5 Å². The Morgan fingerprint density at radius 3 is 2.73 bits per heavy atom. The van der Waals surface area contributed by atoms with Crippen LogP contribution in [0.3, 0.4) is 0 Å². The third kappa shape index (κ3) is 4.20. The van der Waals surface area contributed by atoms with Gasteiger partial charge in [-0.25, -0.2) is 15.0 Å². The second kappa shape index (κ2) is 8.68. The number of hydrogen-bond acceptors (Lipinski definition) is 9. The van der Waals surface area contributed by atoms with Gasteiger partial charge in [0, 0.05) is 49.0 Å². The number of nitrogens with one attached hydrogen (secondary N) is 2. The fourth-order valence-corrected chi connectivity index (χ4v) is 4.22. The van der Waals surface area contributed by atoms with Gasteiger partial charge in [-0.1, -0.05) is 18.2 Å².